The molecule has 26 heavy (non-hydrogen) atoms. The van der Waals surface area contributed by atoms with Crippen LogP contribution in [-0.4, -0.2) is 38.4 Å². The number of carbonyl (C=O) groups is 1. The van der Waals surface area contributed by atoms with Crippen LogP contribution in [0.4, 0.5) is 0 Å². The van der Waals surface area contributed by atoms with Gasteiger partial charge in [-0.3, -0.25) is 4.79 Å². The van der Waals surface area contributed by atoms with Crippen molar-refractivity contribution in [1.82, 2.24) is 9.62 Å². The average Bonchev–Trinajstić information content (AvgIpc) is 3.16. The molecular weight excluding hydrogens is 416 g/mol. The van der Waals surface area contributed by atoms with E-state index in [4.69, 9.17) is 0 Å². The van der Waals surface area contributed by atoms with Crippen LogP contribution in [0.25, 0.3) is 0 Å². The molecule has 2 aromatic carbocycles. The highest BCUT2D eigenvalue weighted by molar-refractivity contribution is 9.10. The standard InChI is InChI=1S/C19H21BrN2O3S/c20-16-8-10-17(11-9-16)26(24,25)21-18(14-15-6-2-1-3-7-15)19(23)22-12-4-5-13-22/h1-3,6-11,18,21H,4-5,12-14H2/t18-/m0/s1. The van der Waals surface area contributed by atoms with E-state index in [0.29, 0.717) is 19.5 Å². The van der Waals surface area contributed by atoms with Gasteiger partial charge in [0.2, 0.25) is 15.9 Å². The topological polar surface area (TPSA) is 66.5 Å². The van der Waals surface area contributed by atoms with E-state index >= 15 is 0 Å². The highest BCUT2D eigenvalue weighted by Crippen LogP contribution is 2.17. The molecule has 7 heteroatoms. The monoisotopic (exact) mass is 436 g/mol. The van der Waals surface area contributed by atoms with Gasteiger partial charge in [-0.25, -0.2) is 8.42 Å². The van der Waals surface area contributed by atoms with Crippen LogP contribution in [0.15, 0.2) is 64.0 Å². The molecule has 1 heterocycles. The zero-order valence-electron chi connectivity index (χ0n) is 14.3. The third kappa shape index (κ3) is 4.72. The Morgan fingerprint density at radius 1 is 1.04 bits per heavy atom. The fourth-order valence-electron chi connectivity index (χ4n) is 3.06. The maximum Gasteiger partial charge on any atom is 0.241 e. The van der Waals surface area contributed by atoms with Crippen LogP contribution < -0.4 is 4.72 Å². The van der Waals surface area contributed by atoms with Crippen molar-refractivity contribution < 1.29 is 13.2 Å². The number of hydrogen-bond acceptors (Lipinski definition) is 3. The van der Waals surface area contributed by atoms with Crippen molar-refractivity contribution in [2.24, 2.45) is 0 Å². The molecule has 0 radical (unpaired) electrons. The highest BCUT2D eigenvalue weighted by atomic mass is 79.9. The van der Waals surface area contributed by atoms with E-state index in [2.05, 4.69) is 20.7 Å². The second-order valence-electron chi connectivity index (χ2n) is 6.35. The molecule has 3 rings (SSSR count). The number of benzene rings is 2. The third-order valence-electron chi connectivity index (χ3n) is 4.42. The van der Waals surface area contributed by atoms with Gasteiger partial charge in [0.25, 0.3) is 0 Å². The van der Waals surface area contributed by atoms with Gasteiger partial charge >= 0.3 is 0 Å². The maximum atomic E-state index is 12.9. The number of likely N-dealkylation sites (tertiary alicyclic amines) is 1. The van der Waals surface area contributed by atoms with Crippen molar-refractivity contribution in [2.75, 3.05) is 13.1 Å². The summed E-state index contributed by atoms with van der Waals surface area (Å²) < 4.78 is 28.9. The van der Waals surface area contributed by atoms with E-state index < -0.39 is 16.1 Å². The number of carbonyl (C=O) groups excluding carboxylic acids is 1. The van der Waals surface area contributed by atoms with E-state index in [-0.39, 0.29) is 10.8 Å². The first-order chi connectivity index (χ1) is 12.5. The lowest BCUT2D eigenvalue weighted by atomic mass is 10.1. The van der Waals surface area contributed by atoms with Gasteiger partial charge in [0.15, 0.2) is 0 Å². The molecule has 1 saturated heterocycles. The smallest absolute Gasteiger partial charge is 0.241 e. The first kappa shape index (κ1) is 19.1. The Hall–Kier alpha value is -1.70. The summed E-state index contributed by atoms with van der Waals surface area (Å²) >= 11 is 3.30. The van der Waals surface area contributed by atoms with Gasteiger partial charge in [0.1, 0.15) is 6.04 Å². The molecule has 0 spiro atoms. The molecule has 2 aromatic rings. The van der Waals surface area contributed by atoms with Crippen LogP contribution in [-0.2, 0) is 21.2 Å². The quantitative estimate of drug-likeness (QED) is 0.756. The molecule has 138 valence electrons. The Bertz CT molecular complexity index is 848. The SMILES string of the molecule is O=C([C@H](Cc1ccccc1)NS(=O)(=O)c1ccc(Br)cc1)N1CCCC1. The van der Waals surface area contributed by atoms with Gasteiger partial charge in [-0.05, 0) is 49.1 Å². The molecule has 1 aliphatic rings. The zero-order valence-corrected chi connectivity index (χ0v) is 16.7. The molecule has 0 bridgehead atoms. The highest BCUT2D eigenvalue weighted by Gasteiger charge is 2.30. The number of nitrogens with zero attached hydrogens (tertiary/aromatic N) is 1. The summed E-state index contributed by atoms with van der Waals surface area (Å²) in [7, 11) is -3.79. The molecule has 0 unspecified atom stereocenters. The van der Waals surface area contributed by atoms with Gasteiger partial charge in [0.05, 0.1) is 4.90 Å². The number of rotatable bonds is 6. The fraction of sp³-hybridized carbons (Fsp3) is 0.316. The molecule has 0 aliphatic carbocycles. The maximum absolute atomic E-state index is 12.9. The predicted molar refractivity (Wildman–Crippen MR) is 104 cm³/mol. The minimum Gasteiger partial charge on any atom is -0.341 e. The number of amides is 1. The lowest BCUT2D eigenvalue weighted by molar-refractivity contribution is -0.131. The number of nitrogens with one attached hydrogen (secondary N) is 1. The normalized spacial score (nSPS) is 15.8. The fourth-order valence-corrected chi connectivity index (χ4v) is 4.51. The average molecular weight is 437 g/mol. The molecule has 1 aliphatic heterocycles. The largest absolute Gasteiger partial charge is 0.341 e. The molecule has 0 aromatic heterocycles. The summed E-state index contributed by atoms with van der Waals surface area (Å²) in [6.07, 6.45) is 2.25. The van der Waals surface area contributed by atoms with Crippen molar-refractivity contribution in [3.63, 3.8) is 0 Å². The Morgan fingerprint density at radius 3 is 2.27 bits per heavy atom. The molecule has 1 amide bonds. The molecule has 1 fully saturated rings. The van der Waals surface area contributed by atoms with E-state index in [1.807, 2.05) is 30.3 Å². The van der Waals surface area contributed by atoms with Crippen LogP contribution in [0.5, 0.6) is 0 Å². The van der Waals surface area contributed by atoms with Crippen molar-refractivity contribution >= 4 is 31.9 Å². The van der Waals surface area contributed by atoms with Crippen molar-refractivity contribution in [3.8, 4) is 0 Å². The second kappa shape index (κ2) is 8.33. The van der Waals surface area contributed by atoms with E-state index in [9.17, 15) is 13.2 Å². The summed E-state index contributed by atoms with van der Waals surface area (Å²) in [5.74, 6) is -0.160. The number of hydrogen-bond donors (Lipinski definition) is 1. The van der Waals surface area contributed by atoms with Crippen LogP contribution in [0.2, 0.25) is 0 Å². The van der Waals surface area contributed by atoms with Gasteiger partial charge in [0, 0.05) is 17.6 Å². The van der Waals surface area contributed by atoms with E-state index in [0.717, 1.165) is 22.9 Å². The zero-order chi connectivity index (χ0) is 18.6. The van der Waals surface area contributed by atoms with E-state index in [1.165, 1.54) is 12.1 Å². The summed E-state index contributed by atoms with van der Waals surface area (Å²) in [4.78, 5) is 14.8. The molecule has 0 saturated carbocycles. The number of sulfonamides is 1. The summed E-state index contributed by atoms with van der Waals surface area (Å²) in [5, 5.41) is 0. The van der Waals surface area contributed by atoms with Crippen LogP contribution >= 0.6 is 15.9 Å². The van der Waals surface area contributed by atoms with E-state index in [1.54, 1.807) is 17.0 Å². The lowest BCUT2D eigenvalue weighted by Gasteiger charge is -2.24. The van der Waals surface area contributed by atoms with Crippen LogP contribution in [0, 0.1) is 0 Å². The predicted octanol–water partition coefficient (Wildman–Crippen LogP) is 2.96. The Balaban J connectivity index is 1.84. The first-order valence-corrected chi connectivity index (χ1v) is 10.8. The lowest BCUT2D eigenvalue weighted by Crippen LogP contribution is -2.48. The van der Waals surface area contributed by atoms with Crippen LogP contribution in [0.1, 0.15) is 18.4 Å². The van der Waals surface area contributed by atoms with Crippen molar-refractivity contribution in [2.45, 2.75) is 30.2 Å². The second-order valence-corrected chi connectivity index (χ2v) is 8.98. The third-order valence-corrected chi connectivity index (χ3v) is 6.44. The van der Waals surface area contributed by atoms with Gasteiger partial charge < -0.3 is 4.90 Å². The Morgan fingerprint density at radius 2 is 1.65 bits per heavy atom. The Kier molecular flexibility index (Phi) is 6.11. The summed E-state index contributed by atoms with van der Waals surface area (Å²) in [6.45, 7) is 1.37. The Labute approximate surface area is 162 Å². The molecule has 1 atom stereocenters. The minimum absolute atomic E-state index is 0.146. The summed E-state index contributed by atoms with van der Waals surface area (Å²) in [6, 6.07) is 15.0. The molecular formula is C19H21BrN2O3S. The van der Waals surface area contributed by atoms with Gasteiger partial charge in [-0.15, -0.1) is 0 Å². The first-order valence-electron chi connectivity index (χ1n) is 8.56. The van der Waals surface area contributed by atoms with Gasteiger partial charge in [-0.1, -0.05) is 46.3 Å². The van der Waals surface area contributed by atoms with Crippen molar-refractivity contribution in [3.05, 3.63) is 64.6 Å². The van der Waals surface area contributed by atoms with Crippen molar-refractivity contribution in [1.29, 1.82) is 0 Å². The van der Waals surface area contributed by atoms with Crippen LogP contribution in [0.3, 0.4) is 0 Å². The summed E-state index contributed by atoms with van der Waals surface area (Å²) in [5.41, 5.74) is 0.920. The minimum atomic E-state index is -3.79. The molecule has 5 nitrogen and oxygen atoms in total. The number of halogens is 1. The van der Waals surface area contributed by atoms with Gasteiger partial charge in [-0.2, -0.15) is 4.72 Å². The molecule has 1 N–H and O–H groups in total.